The van der Waals surface area contributed by atoms with Gasteiger partial charge in [0.15, 0.2) is 5.78 Å². The molecule has 687 valence electrons. The van der Waals surface area contributed by atoms with Crippen molar-refractivity contribution in [3.63, 3.8) is 0 Å². The summed E-state index contributed by atoms with van der Waals surface area (Å²) >= 11 is 1.47. The van der Waals surface area contributed by atoms with Crippen LogP contribution in [0.5, 0.6) is 0 Å². The molecule has 0 spiro atoms. The molecule has 11 aromatic heterocycles. The summed E-state index contributed by atoms with van der Waals surface area (Å²) in [5, 5.41) is 27.1. The number of imidazole rings is 8. The molecular formula is C105H86ClF2Ir4N22O2-2. The maximum atomic E-state index is 13.2. The van der Waals surface area contributed by atoms with E-state index in [4.69, 9.17) is 50.6 Å². The van der Waals surface area contributed by atoms with Gasteiger partial charge in [0.05, 0.1) is 74.4 Å². The molecule has 31 heteroatoms. The number of carbonyl (C=O) groups is 1. The number of allylic oxidation sites excluding steroid dienone is 2. The van der Waals surface area contributed by atoms with E-state index in [-0.39, 0.29) is 77.4 Å². The first-order chi connectivity index (χ1) is 64.8. The zero-order valence-corrected chi connectivity index (χ0v) is 85.3. The topological polar surface area (TPSA) is 290 Å². The van der Waals surface area contributed by atoms with Crippen molar-refractivity contribution in [3.8, 4) is 125 Å². The van der Waals surface area contributed by atoms with E-state index in [2.05, 4.69) is 118 Å². The summed E-state index contributed by atoms with van der Waals surface area (Å²) in [7, 11) is 20.6. The van der Waals surface area contributed by atoms with Crippen molar-refractivity contribution in [2.45, 2.75) is 13.8 Å². The Morgan fingerprint density at radius 1 is 0.353 bits per heavy atom. The molecule has 0 unspecified atom stereocenters. The molecule has 24 nitrogen and oxygen atoms in total. The minimum absolute atomic E-state index is 0. The summed E-state index contributed by atoms with van der Waals surface area (Å²) in [6.07, 6.45) is 28.6. The number of rotatable bonds is 12. The molecule has 9 aromatic carbocycles. The van der Waals surface area contributed by atoms with Crippen molar-refractivity contribution in [2.24, 2.45) is 56.4 Å². The smallest absolute Gasteiger partial charge is 0.305 e. The number of fused-ring (bicyclic) bond motifs is 2. The van der Waals surface area contributed by atoms with Gasteiger partial charge in [-0.05, 0) is 73.4 Å². The Kier molecular flexibility index (Phi) is 46.4. The second-order valence-corrected chi connectivity index (χ2v) is 28.2. The Balaban J connectivity index is 0.000000240. The van der Waals surface area contributed by atoms with Gasteiger partial charge in [-0.2, -0.15) is 0 Å². The van der Waals surface area contributed by atoms with Crippen molar-refractivity contribution in [1.29, 1.82) is 15.8 Å². The molecule has 20 rings (SSSR count). The zero-order chi connectivity index (χ0) is 95.6. The fourth-order valence-electron chi connectivity index (χ4n) is 13.0. The molecule has 11 heterocycles. The van der Waals surface area contributed by atoms with Crippen LogP contribution in [0, 0.1) is 89.6 Å². The van der Waals surface area contributed by atoms with E-state index in [9.17, 15) is 13.6 Å². The van der Waals surface area contributed by atoms with Crippen molar-refractivity contribution in [2.75, 3.05) is 0 Å². The Morgan fingerprint density at radius 2 is 0.618 bits per heavy atom. The molecule has 0 saturated carbocycles. The maximum Gasteiger partial charge on any atom is 3.00 e. The molecular weight excluding hydrogens is 2440 g/mol. The van der Waals surface area contributed by atoms with Crippen LogP contribution < -0.4 is 0 Å². The summed E-state index contributed by atoms with van der Waals surface area (Å²) in [6, 6.07) is 97.3. The van der Waals surface area contributed by atoms with E-state index in [0.29, 0.717) is 5.69 Å². The van der Waals surface area contributed by atoms with Gasteiger partial charge in [-0.25, -0.2) is 0 Å². The van der Waals surface area contributed by atoms with Gasteiger partial charge in [-0.3, -0.25) is 53.4 Å². The maximum absolute atomic E-state index is 13.2. The van der Waals surface area contributed by atoms with E-state index in [1.165, 1.54) is 37.8 Å². The number of aryl methyl sites for hydroxylation is 8. The quantitative estimate of drug-likeness (QED) is 0.0675. The van der Waals surface area contributed by atoms with Gasteiger partial charge in [0, 0.05) is 187 Å². The van der Waals surface area contributed by atoms with E-state index in [0.717, 1.165) is 148 Å². The number of hydrogen-bond donors (Lipinski definition) is 1. The third kappa shape index (κ3) is 30.8. The third-order valence-electron chi connectivity index (χ3n) is 19.1. The first-order valence-corrected chi connectivity index (χ1v) is 43.3. The van der Waals surface area contributed by atoms with Crippen molar-refractivity contribution in [3.05, 3.63) is 415 Å². The van der Waals surface area contributed by atoms with Crippen LogP contribution in [0.4, 0.5) is 8.78 Å². The van der Waals surface area contributed by atoms with Crippen LogP contribution in [0.3, 0.4) is 0 Å². The Morgan fingerprint density at radius 3 is 0.846 bits per heavy atom. The number of nitrogens with zero attached hydrogens (tertiary/aromatic N) is 22. The first-order valence-electron chi connectivity index (χ1n) is 40.3. The SMILES string of the molecule is CC(=O)C=C(C)O.Cn1c(-c2[c-]c(-c3nc4ccccc4n3C)ccc2)nc2ccccc21.Cn1ccnc1-c1[c-]c(-c2nccn2C)ccc1.Cn1ccnc1-c1[c-]c(-c2nccn2C)ccc1.Cn1ccnc1-c1[c-]c(-c2nccn2C)ccc1.Fc1c[c-]c(-c2ccccn2)c(F)c1.[C-]#N.[C-]#N.[C-]#N.[Cl][Ir+2].[Ir+3].[Ir+3].[Ir].[c-]1ccccc1-c1ccccn1.[c-]1ccccc1-c1ccccn1. The van der Waals surface area contributed by atoms with Crippen LogP contribution in [-0.2, 0) is 139 Å². The fraction of sp³-hybridized carbons (Fsp3) is 0.0952. The molecule has 0 saturated heterocycles. The molecule has 0 atom stereocenters. The van der Waals surface area contributed by atoms with Gasteiger partial charge >= 0.3 is 67.7 Å². The van der Waals surface area contributed by atoms with E-state index < -0.39 is 11.6 Å². The number of carbonyl (C=O) groups excluding carboxylic acids is 1. The molecule has 136 heavy (non-hydrogen) atoms. The second-order valence-electron chi connectivity index (χ2n) is 28.2. The average molecular weight is 2530 g/mol. The van der Waals surface area contributed by atoms with Crippen LogP contribution in [0.25, 0.3) is 147 Å². The molecule has 0 aliphatic carbocycles. The molecule has 0 aliphatic rings. The molecule has 20 aromatic rings. The summed E-state index contributed by atoms with van der Waals surface area (Å²) in [4.78, 5) is 58.0. The van der Waals surface area contributed by atoms with Gasteiger partial charge in [-0.15, -0.1) is 181 Å². The first kappa shape index (κ1) is 110. The molecule has 1 radical (unpaired) electrons. The van der Waals surface area contributed by atoms with Crippen molar-refractivity contribution in [1.82, 2.24) is 91.4 Å². The van der Waals surface area contributed by atoms with E-state index in [1.54, 1.807) is 74.0 Å². The number of halogens is 3. The van der Waals surface area contributed by atoms with Gasteiger partial charge in [0.25, 0.3) is 0 Å². The third-order valence-corrected chi connectivity index (χ3v) is 19.1. The predicted molar refractivity (Wildman–Crippen MR) is 507 cm³/mol. The van der Waals surface area contributed by atoms with Crippen LogP contribution in [0.15, 0.2) is 341 Å². The number of benzene rings is 9. The van der Waals surface area contributed by atoms with Crippen LogP contribution in [-0.4, -0.2) is 102 Å². The van der Waals surface area contributed by atoms with Crippen molar-refractivity contribution < 1.29 is 96.9 Å². The van der Waals surface area contributed by atoms with E-state index >= 15 is 0 Å². The number of pyridine rings is 3. The van der Waals surface area contributed by atoms with Gasteiger partial charge < -0.3 is 92.1 Å². The molecule has 0 fully saturated rings. The number of ketones is 1. The summed E-state index contributed by atoms with van der Waals surface area (Å²) in [6.45, 7) is 17.1. The number of aromatic nitrogens is 19. The zero-order valence-electron chi connectivity index (χ0n) is 74.9. The van der Waals surface area contributed by atoms with Crippen molar-refractivity contribution >= 4 is 37.4 Å². The normalized spacial score (nSPS) is 9.90. The van der Waals surface area contributed by atoms with Gasteiger partial charge in [0.2, 0.25) is 0 Å². The molecule has 0 amide bonds. The monoisotopic (exact) mass is 2530 g/mol. The van der Waals surface area contributed by atoms with Crippen LogP contribution >= 0.6 is 9.58 Å². The molecule has 0 bridgehead atoms. The average Bonchev–Trinajstić information content (AvgIpc) is 1.62. The van der Waals surface area contributed by atoms with Crippen LogP contribution in [0.2, 0.25) is 0 Å². The standard InChI is InChI=1S/C22H17N4.3C14H13N4.C11H6F2N.2C11H8N.C5H8O2.3CN.ClH.4Ir/c1-25-19-12-5-3-10-17(19)23-21(25)15-8-7-9-16(14-15)22-24-18-11-4-6-13-20(18)26(22)2;3*1-17-8-6-15-13(17)11-4-3-5-12(10-11)14-16-7-9-18(14)2;12-8-4-5-9(10(13)7-8)11-3-1-2-6-14-11;2*1-2-6-10(7-3-1)11-8-4-5-9-12-11;1-4(6)3-5(2)7;3*1-2;;;;;/h3-13H,1-2H3;3*3-9H,1-2H3;1-4,6-7H;2*1-6,8-9H;3,6H,1-2H3;;;;1H;;;;/q7*-1;;3*-1;;;3*+3/p-1. The number of aliphatic hydroxyl groups excluding tert-OH is 1. The largest absolute Gasteiger partial charge is 3.00 e. The Hall–Kier alpha value is -14.9. The Labute approximate surface area is 844 Å². The molecule has 0 aliphatic heterocycles. The minimum Gasteiger partial charge on any atom is -0.305 e. The number of para-hydroxylation sites is 4. The Bertz CT molecular complexity index is 6380. The molecule has 1 N–H and O–H groups in total. The predicted octanol–water partition coefficient (Wildman–Crippen LogP) is 21.4. The van der Waals surface area contributed by atoms with Gasteiger partial charge in [0.1, 0.15) is 0 Å². The van der Waals surface area contributed by atoms with E-state index in [1.807, 2.05) is 315 Å². The number of hydrogen-bond acceptors (Lipinski definition) is 16. The summed E-state index contributed by atoms with van der Waals surface area (Å²) in [5.74, 6) is 5.92. The fourth-order valence-corrected chi connectivity index (χ4v) is 13.0. The summed E-state index contributed by atoms with van der Waals surface area (Å²) < 4.78 is 41.9. The van der Waals surface area contributed by atoms with Crippen LogP contribution in [0.1, 0.15) is 13.8 Å². The minimum atomic E-state index is -0.649. The summed E-state index contributed by atoms with van der Waals surface area (Å²) in [5.41, 5.74) is 16.7. The number of aliphatic hydroxyl groups is 1. The second kappa shape index (κ2) is 57.5. The van der Waals surface area contributed by atoms with Gasteiger partial charge in [-0.1, -0.05) is 117 Å².